The van der Waals surface area contributed by atoms with E-state index in [0.717, 1.165) is 26.1 Å². The van der Waals surface area contributed by atoms with Gasteiger partial charge in [-0.25, -0.2) is 0 Å². The van der Waals surface area contributed by atoms with Crippen LogP contribution in [0.15, 0.2) is 0 Å². The molecule has 0 spiro atoms. The van der Waals surface area contributed by atoms with Crippen molar-refractivity contribution in [3.63, 3.8) is 0 Å². The van der Waals surface area contributed by atoms with Crippen molar-refractivity contribution in [3.8, 4) is 6.07 Å². The van der Waals surface area contributed by atoms with Gasteiger partial charge < -0.3 is 10.2 Å². The van der Waals surface area contributed by atoms with Crippen LogP contribution in [0.5, 0.6) is 0 Å². The first-order valence-corrected chi connectivity index (χ1v) is 4.96. The number of hydrogen-bond acceptors (Lipinski definition) is 3. The molecule has 0 aliphatic rings. The molecule has 3 nitrogen and oxygen atoms in total. The predicted octanol–water partition coefficient (Wildman–Crippen LogP) is 1.22. The third-order valence-electron chi connectivity index (χ3n) is 2.16. The Hall–Kier alpha value is -0.590. The summed E-state index contributed by atoms with van der Waals surface area (Å²) in [5.74, 6) is 0. The van der Waals surface area contributed by atoms with E-state index in [0.29, 0.717) is 12.5 Å². The summed E-state index contributed by atoms with van der Waals surface area (Å²) in [4.78, 5) is 2.33. The van der Waals surface area contributed by atoms with E-state index in [1.54, 1.807) is 0 Å². The van der Waals surface area contributed by atoms with Gasteiger partial charge >= 0.3 is 0 Å². The molecule has 0 saturated heterocycles. The molecule has 0 rings (SSSR count). The quantitative estimate of drug-likeness (QED) is 0.603. The van der Waals surface area contributed by atoms with E-state index in [4.69, 9.17) is 5.26 Å². The van der Waals surface area contributed by atoms with Gasteiger partial charge in [0.25, 0.3) is 0 Å². The van der Waals surface area contributed by atoms with Crippen molar-refractivity contribution in [1.29, 1.82) is 5.26 Å². The van der Waals surface area contributed by atoms with Gasteiger partial charge in [-0.2, -0.15) is 5.26 Å². The Labute approximate surface area is 81.7 Å². The Kier molecular flexibility index (Phi) is 7.66. The highest BCUT2D eigenvalue weighted by atomic mass is 15.1. The van der Waals surface area contributed by atoms with Crippen LogP contribution in [0.25, 0.3) is 0 Å². The van der Waals surface area contributed by atoms with Gasteiger partial charge in [0.1, 0.15) is 0 Å². The lowest BCUT2D eigenvalue weighted by Crippen LogP contribution is -2.29. The summed E-state index contributed by atoms with van der Waals surface area (Å²) in [6, 6.07) is 2.74. The second-order valence-corrected chi connectivity index (χ2v) is 3.59. The Morgan fingerprint density at radius 2 is 2.08 bits per heavy atom. The van der Waals surface area contributed by atoms with Crippen LogP contribution in [0.2, 0.25) is 0 Å². The van der Waals surface area contributed by atoms with Crippen molar-refractivity contribution in [3.05, 3.63) is 0 Å². The molecule has 0 unspecified atom stereocenters. The molecule has 0 fully saturated rings. The van der Waals surface area contributed by atoms with Crippen LogP contribution in [-0.4, -0.2) is 37.6 Å². The van der Waals surface area contributed by atoms with Gasteiger partial charge in [0.2, 0.25) is 0 Å². The Morgan fingerprint density at radius 3 is 2.62 bits per heavy atom. The first-order valence-electron chi connectivity index (χ1n) is 4.96. The van der Waals surface area contributed by atoms with Gasteiger partial charge in [0, 0.05) is 19.0 Å². The molecule has 0 amide bonds. The summed E-state index contributed by atoms with van der Waals surface area (Å²) < 4.78 is 0. The second-order valence-electron chi connectivity index (χ2n) is 3.59. The number of nitrogens with zero attached hydrogens (tertiary/aromatic N) is 2. The second kappa shape index (κ2) is 8.03. The highest BCUT2D eigenvalue weighted by molar-refractivity contribution is 4.70. The van der Waals surface area contributed by atoms with Gasteiger partial charge in [-0.05, 0) is 40.4 Å². The molecule has 13 heavy (non-hydrogen) atoms. The van der Waals surface area contributed by atoms with Gasteiger partial charge in [0.15, 0.2) is 0 Å². The standard InChI is InChI=1S/C10H21N3/c1-10(2)13(3)9-5-8-12-7-4-6-11/h10,12H,4-5,7-9H2,1-3H3. The molecule has 0 bridgehead atoms. The van der Waals surface area contributed by atoms with Crippen molar-refractivity contribution < 1.29 is 0 Å². The van der Waals surface area contributed by atoms with Gasteiger partial charge in [0.05, 0.1) is 6.07 Å². The zero-order valence-electron chi connectivity index (χ0n) is 9.01. The highest BCUT2D eigenvalue weighted by Gasteiger charge is 2.00. The molecule has 0 saturated carbocycles. The molecule has 0 aliphatic heterocycles. The maximum absolute atomic E-state index is 8.29. The first-order chi connectivity index (χ1) is 6.18. The smallest absolute Gasteiger partial charge is 0.0635 e. The Bertz CT molecular complexity index is 149. The highest BCUT2D eigenvalue weighted by Crippen LogP contribution is 1.93. The zero-order chi connectivity index (χ0) is 10.1. The number of hydrogen-bond donors (Lipinski definition) is 1. The number of nitrogens with one attached hydrogen (secondary N) is 1. The lowest BCUT2D eigenvalue weighted by molar-refractivity contribution is 0.269. The van der Waals surface area contributed by atoms with Gasteiger partial charge in [-0.3, -0.25) is 0 Å². The third-order valence-corrected chi connectivity index (χ3v) is 2.16. The van der Waals surface area contributed by atoms with Crippen LogP contribution in [0.3, 0.4) is 0 Å². The average Bonchev–Trinajstić information content (AvgIpc) is 2.10. The van der Waals surface area contributed by atoms with E-state index >= 15 is 0 Å². The molecule has 0 heterocycles. The van der Waals surface area contributed by atoms with E-state index in [9.17, 15) is 0 Å². The average molecular weight is 183 g/mol. The summed E-state index contributed by atoms with van der Waals surface area (Å²) in [6.45, 7) is 7.35. The summed E-state index contributed by atoms with van der Waals surface area (Å²) >= 11 is 0. The first kappa shape index (κ1) is 12.4. The van der Waals surface area contributed by atoms with E-state index in [1.807, 2.05) is 0 Å². The molecule has 0 aromatic heterocycles. The molecule has 76 valence electrons. The summed E-state index contributed by atoms with van der Waals surface area (Å²) in [6.07, 6.45) is 1.76. The summed E-state index contributed by atoms with van der Waals surface area (Å²) in [5, 5.41) is 11.5. The van der Waals surface area contributed by atoms with E-state index in [2.05, 4.69) is 37.2 Å². The topological polar surface area (TPSA) is 39.1 Å². The van der Waals surface area contributed by atoms with Crippen LogP contribution in [0, 0.1) is 11.3 Å². The molecule has 0 radical (unpaired) electrons. The van der Waals surface area contributed by atoms with Crippen molar-refractivity contribution in [1.82, 2.24) is 10.2 Å². The molecular formula is C10H21N3. The number of rotatable bonds is 7. The van der Waals surface area contributed by atoms with E-state index in [-0.39, 0.29) is 0 Å². The SMILES string of the molecule is CC(C)N(C)CCCNCCC#N. The van der Waals surface area contributed by atoms with Crippen LogP contribution in [-0.2, 0) is 0 Å². The molecule has 0 atom stereocenters. The number of nitriles is 1. The Balaban J connectivity index is 3.12. The molecular weight excluding hydrogens is 162 g/mol. The minimum absolute atomic E-state index is 0.611. The van der Waals surface area contributed by atoms with Crippen molar-refractivity contribution in [2.24, 2.45) is 0 Å². The van der Waals surface area contributed by atoms with Crippen molar-refractivity contribution >= 4 is 0 Å². The largest absolute Gasteiger partial charge is 0.316 e. The maximum Gasteiger partial charge on any atom is 0.0635 e. The van der Waals surface area contributed by atoms with Gasteiger partial charge in [-0.15, -0.1) is 0 Å². The molecule has 0 aromatic carbocycles. The fourth-order valence-electron chi connectivity index (χ4n) is 0.981. The zero-order valence-corrected chi connectivity index (χ0v) is 9.01. The fourth-order valence-corrected chi connectivity index (χ4v) is 0.981. The van der Waals surface area contributed by atoms with Gasteiger partial charge in [-0.1, -0.05) is 0 Å². The minimum Gasteiger partial charge on any atom is -0.316 e. The van der Waals surface area contributed by atoms with Crippen molar-refractivity contribution in [2.75, 3.05) is 26.7 Å². The van der Waals surface area contributed by atoms with Crippen molar-refractivity contribution in [2.45, 2.75) is 32.7 Å². The lowest BCUT2D eigenvalue weighted by atomic mass is 10.3. The third kappa shape index (κ3) is 7.76. The summed E-state index contributed by atoms with van der Waals surface area (Å²) in [5.41, 5.74) is 0. The normalized spacial score (nSPS) is 10.8. The lowest BCUT2D eigenvalue weighted by Gasteiger charge is -2.20. The monoisotopic (exact) mass is 183 g/mol. The fraction of sp³-hybridized carbons (Fsp3) is 0.900. The molecule has 3 heteroatoms. The van der Waals surface area contributed by atoms with E-state index in [1.165, 1.54) is 0 Å². The predicted molar refractivity (Wildman–Crippen MR) is 55.5 cm³/mol. The van der Waals surface area contributed by atoms with Crippen LogP contribution >= 0.6 is 0 Å². The van der Waals surface area contributed by atoms with Crippen LogP contribution < -0.4 is 5.32 Å². The van der Waals surface area contributed by atoms with Crippen LogP contribution in [0.4, 0.5) is 0 Å². The maximum atomic E-state index is 8.29. The Morgan fingerprint density at radius 1 is 1.38 bits per heavy atom. The molecule has 0 aromatic rings. The molecule has 1 N–H and O–H groups in total. The summed E-state index contributed by atoms with van der Waals surface area (Å²) in [7, 11) is 2.14. The van der Waals surface area contributed by atoms with E-state index < -0.39 is 0 Å². The minimum atomic E-state index is 0.611. The molecule has 0 aliphatic carbocycles. The van der Waals surface area contributed by atoms with Crippen LogP contribution in [0.1, 0.15) is 26.7 Å².